The van der Waals surface area contributed by atoms with E-state index in [1.807, 2.05) is 0 Å². The molecule has 0 aliphatic heterocycles. The van der Waals surface area contributed by atoms with E-state index in [0.717, 1.165) is 39.3 Å². The third-order valence-corrected chi connectivity index (χ3v) is 14.0. The Labute approximate surface area is 289 Å². The van der Waals surface area contributed by atoms with Crippen LogP contribution in [-0.4, -0.2) is 53.9 Å². The van der Waals surface area contributed by atoms with Crippen LogP contribution in [0, 0.1) is 0 Å². The van der Waals surface area contributed by atoms with Gasteiger partial charge in [0.25, 0.3) is 0 Å². The monoisotopic (exact) mass is 687 g/mol. The fourth-order valence-electron chi connectivity index (χ4n) is 6.14. The van der Waals surface area contributed by atoms with Gasteiger partial charge in [0.05, 0.1) is 0 Å². The van der Waals surface area contributed by atoms with E-state index in [1.54, 1.807) is 13.1 Å². The second-order valence-corrected chi connectivity index (χ2v) is 17.6. The summed E-state index contributed by atoms with van der Waals surface area (Å²) in [6, 6.07) is 29.2. The fourth-order valence-corrected chi connectivity index (χ4v) is 11.1. The minimum atomic E-state index is -1.86. The Morgan fingerprint density at radius 3 is 0.826 bits per heavy atom. The summed E-state index contributed by atoms with van der Waals surface area (Å²) in [5.74, 6) is 0. The molecule has 0 spiro atoms. The topological polar surface area (TPSA) is 9.72 Å². The van der Waals surface area contributed by atoms with Crippen LogP contribution in [0.5, 0.6) is 0 Å². The summed E-state index contributed by atoms with van der Waals surface area (Å²) in [7, 11) is 0. The van der Waals surface area contributed by atoms with Crippen molar-refractivity contribution in [3.05, 3.63) is 72.8 Å². The minimum absolute atomic E-state index is 1.14. The Hall–Kier alpha value is -2.38. The molecule has 0 heterocycles. The first-order valence-electron chi connectivity index (χ1n) is 18.9. The van der Waals surface area contributed by atoms with Crippen molar-refractivity contribution in [3.63, 3.8) is 0 Å². The molecule has 3 aromatic rings. The van der Waals surface area contributed by atoms with Gasteiger partial charge in [-0.25, -0.2) is 0 Å². The molecule has 3 nitrogen and oxygen atoms in total. The fraction of sp³-hybridized carbons (Fsp3) is 0.571. The molecule has 0 aliphatic rings. The second kappa shape index (κ2) is 22.2. The average molecular weight is 688 g/mol. The third-order valence-electron chi connectivity index (χ3n) is 9.05. The first-order valence-corrected chi connectivity index (χ1v) is 21.8. The number of rotatable bonds is 24. The van der Waals surface area contributed by atoms with Crippen molar-refractivity contribution in [2.75, 3.05) is 54.0 Å². The normalized spacial score (nSPS) is 11.3. The quantitative estimate of drug-likeness (QED) is 0.0870. The maximum absolute atomic E-state index is 2.66. The summed E-state index contributed by atoms with van der Waals surface area (Å²) in [4.78, 5) is 7.97. The Morgan fingerprint density at radius 2 is 0.609 bits per heavy atom. The van der Waals surface area contributed by atoms with Crippen LogP contribution in [-0.2, 0) is 0 Å². The van der Waals surface area contributed by atoms with E-state index in [4.69, 9.17) is 0 Å². The maximum atomic E-state index is 2.66. The molecule has 0 radical (unpaired) electrons. The molecule has 0 saturated carbocycles. The SMILES string of the molecule is CCCCN(CCCC)c1cccc([As](c2cccc(N(CCCC)CCCC)c2)c2cccc(N(CCCC)CCCC)c2)c1. The molecule has 0 atom stereocenters. The van der Waals surface area contributed by atoms with Gasteiger partial charge < -0.3 is 0 Å². The predicted molar refractivity (Wildman–Crippen MR) is 210 cm³/mol. The average Bonchev–Trinajstić information content (AvgIpc) is 3.09. The van der Waals surface area contributed by atoms with Gasteiger partial charge in [-0.05, 0) is 0 Å². The zero-order chi connectivity index (χ0) is 33.0. The number of unbranched alkanes of at least 4 members (excludes halogenated alkanes) is 6. The van der Waals surface area contributed by atoms with Gasteiger partial charge in [0, 0.05) is 0 Å². The summed E-state index contributed by atoms with van der Waals surface area (Å²) < 4.78 is 4.62. The Balaban J connectivity index is 2.14. The molecule has 0 amide bonds. The van der Waals surface area contributed by atoms with Crippen molar-refractivity contribution in [1.29, 1.82) is 0 Å². The Kier molecular flexibility index (Phi) is 18.4. The molecule has 4 heteroatoms. The van der Waals surface area contributed by atoms with Gasteiger partial charge in [0.1, 0.15) is 0 Å². The van der Waals surface area contributed by atoms with Crippen LogP contribution in [0.4, 0.5) is 17.1 Å². The number of hydrogen-bond acceptors (Lipinski definition) is 3. The molecule has 3 aromatic carbocycles. The van der Waals surface area contributed by atoms with Gasteiger partial charge in [-0.2, -0.15) is 0 Å². The Bertz CT molecular complexity index is 1050. The zero-order valence-corrected chi connectivity index (χ0v) is 32.3. The predicted octanol–water partition coefficient (Wildman–Crippen LogP) is 9.42. The van der Waals surface area contributed by atoms with Gasteiger partial charge >= 0.3 is 290 Å². The zero-order valence-electron chi connectivity index (χ0n) is 30.4. The summed E-state index contributed by atoms with van der Waals surface area (Å²) in [5, 5.41) is 0. The van der Waals surface area contributed by atoms with Crippen LogP contribution in [0.3, 0.4) is 0 Å². The van der Waals surface area contributed by atoms with Crippen LogP contribution in [0.1, 0.15) is 119 Å². The first-order chi connectivity index (χ1) is 22.6. The van der Waals surface area contributed by atoms with Crippen LogP contribution in [0.2, 0.25) is 0 Å². The molecule has 0 aromatic heterocycles. The van der Waals surface area contributed by atoms with Crippen LogP contribution >= 0.6 is 0 Å². The number of hydrogen-bond donors (Lipinski definition) is 0. The first kappa shape index (κ1) is 38.1. The van der Waals surface area contributed by atoms with Gasteiger partial charge in [-0.1, -0.05) is 0 Å². The molecule has 0 N–H and O–H groups in total. The van der Waals surface area contributed by atoms with Crippen LogP contribution in [0.25, 0.3) is 0 Å². The molecule has 0 fully saturated rings. The number of anilines is 3. The molecular weight excluding hydrogens is 621 g/mol. The Morgan fingerprint density at radius 1 is 0.370 bits per heavy atom. The van der Waals surface area contributed by atoms with Crippen molar-refractivity contribution in [3.8, 4) is 0 Å². The second-order valence-electron chi connectivity index (χ2n) is 13.0. The van der Waals surface area contributed by atoms with E-state index in [-0.39, 0.29) is 0 Å². The van der Waals surface area contributed by atoms with Gasteiger partial charge in [-0.3, -0.25) is 0 Å². The van der Waals surface area contributed by atoms with Gasteiger partial charge in [0.15, 0.2) is 0 Å². The van der Waals surface area contributed by atoms with E-state index in [1.165, 1.54) is 94.1 Å². The molecule has 3 rings (SSSR count). The van der Waals surface area contributed by atoms with E-state index in [9.17, 15) is 0 Å². The molecule has 0 unspecified atom stereocenters. The van der Waals surface area contributed by atoms with Crippen molar-refractivity contribution in [1.82, 2.24) is 0 Å². The number of nitrogens with zero attached hydrogens (tertiary/aromatic N) is 3. The van der Waals surface area contributed by atoms with Crippen molar-refractivity contribution < 1.29 is 0 Å². The summed E-state index contributed by atoms with van der Waals surface area (Å²) in [5.41, 5.74) is 4.23. The summed E-state index contributed by atoms with van der Waals surface area (Å²) in [6.45, 7) is 20.7. The third kappa shape index (κ3) is 12.0. The van der Waals surface area contributed by atoms with E-state index in [2.05, 4.69) is 129 Å². The summed E-state index contributed by atoms with van der Waals surface area (Å²) in [6.07, 6.45) is 14.9. The molecular formula is C42H66AsN3. The van der Waals surface area contributed by atoms with E-state index < -0.39 is 14.7 Å². The van der Waals surface area contributed by atoms with E-state index >= 15 is 0 Å². The van der Waals surface area contributed by atoms with Gasteiger partial charge in [-0.15, -0.1) is 0 Å². The molecule has 0 aliphatic carbocycles. The number of benzene rings is 3. The molecule has 46 heavy (non-hydrogen) atoms. The van der Waals surface area contributed by atoms with Crippen molar-refractivity contribution in [2.45, 2.75) is 119 Å². The van der Waals surface area contributed by atoms with Crippen molar-refractivity contribution >= 4 is 44.8 Å². The van der Waals surface area contributed by atoms with Gasteiger partial charge in [0.2, 0.25) is 0 Å². The van der Waals surface area contributed by atoms with Crippen molar-refractivity contribution in [2.24, 2.45) is 0 Å². The molecule has 0 bridgehead atoms. The molecule has 0 saturated heterocycles. The van der Waals surface area contributed by atoms with E-state index in [0.29, 0.717) is 0 Å². The summed E-state index contributed by atoms with van der Waals surface area (Å²) >= 11 is -1.86. The molecule has 254 valence electrons. The van der Waals surface area contributed by atoms with Crippen LogP contribution < -0.4 is 27.8 Å². The standard InChI is InChI=1S/C42H66AsN3/c1-7-13-28-44(29-14-8-2)40-25-19-22-37(34-40)43(38-23-20-26-41(35-38)45(30-15-9-3)31-16-10-4)39-24-21-27-42(36-39)46(32-17-11-5)33-18-12-6/h19-27,34-36H,7-18,28-33H2,1-6H3. The van der Waals surface area contributed by atoms with Crippen LogP contribution in [0.15, 0.2) is 72.8 Å².